The van der Waals surface area contributed by atoms with Crippen LogP contribution in [0.5, 0.6) is 0 Å². The maximum absolute atomic E-state index is 12.7. The lowest BCUT2D eigenvalue weighted by Crippen LogP contribution is -2.34. The SMILES string of the molecule is O=C(NC(=S)Nc1cc(C(F)(F)F)ccc1Cl)c1cccc(Cl)c1. The minimum Gasteiger partial charge on any atom is -0.331 e. The lowest BCUT2D eigenvalue weighted by molar-refractivity contribution is -0.137. The van der Waals surface area contributed by atoms with Gasteiger partial charge in [-0.2, -0.15) is 13.2 Å². The highest BCUT2D eigenvalue weighted by Gasteiger charge is 2.31. The van der Waals surface area contributed by atoms with Crippen molar-refractivity contribution in [2.75, 3.05) is 5.32 Å². The molecule has 2 aromatic carbocycles. The van der Waals surface area contributed by atoms with Crippen LogP contribution in [-0.2, 0) is 6.18 Å². The summed E-state index contributed by atoms with van der Waals surface area (Å²) in [6, 6.07) is 8.86. The highest BCUT2D eigenvalue weighted by molar-refractivity contribution is 7.80. The standard InChI is InChI=1S/C15H9Cl2F3N2OS/c16-10-3-1-2-8(6-10)13(23)22-14(24)21-12-7-9(15(18,19)20)4-5-11(12)17/h1-7H,(H2,21,22,23,24). The van der Waals surface area contributed by atoms with Gasteiger partial charge in [0.25, 0.3) is 5.91 Å². The van der Waals surface area contributed by atoms with Crippen LogP contribution in [-0.4, -0.2) is 11.0 Å². The summed E-state index contributed by atoms with van der Waals surface area (Å²) in [6.07, 6.45) is -4.52. The molecule has 0 aliphatic carbocycles. The van der Waals surface area contributed by atoms with Crippen molar-refractivity contribution < 1.29 is 18.0 Å². The second-order valence-electron chi connectivity index (χ2n) is 4.61. The average molecular weight is 393 g/mol. The molecule has 1 amide bonds. The van der Waals surface area contributed by atoms with Gasteiger partial charge < -0.3 is 5.32 Å². The van der Waals surface area contributed by atoms with Crippen LogP contribution >= 0.6 is 35.4 Å². The topological polar surface area (TPSA) is 41.1 Å². The molecule has 0 spiro atoms. The van der Waals surface area contributed by atoms with E-state index in [9.17, 15) is 18.0 Å². The first kappa shape index (κ1) is 18.5. The van der Waals surface area contributed by atoms with Gasteiger partial charge >= 0.3 is 6.18 Å². The van der Waals surface area contributed by atoms with Crippen molar-refractivity contribution in [3.63, 3.8) is 0 Å². The van der Waals surface area contributed by atoms with E-state index in [2.05, 4.69) is 10.6 Å². The molecular formula is C15H9Cl2F3N2OS. The van der Waals surface area contributed by atoms with Gasteiger partial charge in [0.05, 0.1) is 16.3 Å². The predicted molar refractivity (Wildman–Crippen MR) is 91.6 cm³/mol. The van der Waals surface area contributed by atoms with Crippen molar-refractivity contribution in [2.24, 2.45) is 0 Å². The first-order valence-electron chi connectivity index (χ1n) is 6.41. The Morgan fingerprint density at radius 2 is 1.79 bits per heavy atom. The maximum atomic E-state index is 12.7. The molecule has 0 saturated carbocycles. The van der Waals surface area contributed by atoms with Crippen LogP contribution in [0, 0.1) is 0 Å². The van der Waals surface area contributed by atoms with Crippen molar-refractivity contribution in [3.05, 3.63) is 63.6 Å². The van der Waals surface area contributed by atoms with Gasteiger partial charge in [0.1, 0.15) is 0 Å². The summed E-state index contributed by atoms with van der Waals surface area (Å²) in [7, 11) is 0. The van der Waals surface area contributed by atoms with Crippen LogP contribution in [0.4, 0.5) is 18.9 Å². The molecule has 2 rings (SSSR count). The molecule has 0 fully saturated rings. The monoisotopic (exact) mass is 392 g/mol. The van der Waals surface area contributed by atoms with Crippen LogP contribution in [0.25, 0.3) is 0 Å². The van der Waals surface area contributed by atoms with Gasteiger partial charge in [-0.05, 0) is 48.6 Å². The predicted octanol–water partition coefficient (Wildman–Crippen LogP) is 5.14. The van der Waals surface area contributed by atoms with Gasteiger partial charge in [0, 0.05) is 10.6 Å². The molecular weight excluding hydrogens is 384 g/mol. The second kappa shape index (κ2) is 7.38. The summed E-state index contributed by atoms with van der Waals surface area (Å²) in [5, 5.41) is 5.01. The number of hydrogen-bond acceptors (Lipinski definition) is 2. The molecule has 0 aliphatic heterocycles. The fourth-order valence-corrected chi connectivity index (χ4v) is 2.31. The average Bonchev–Trinajstić information content (AvgIpc) is 2.48. The Labute approximate surface area is 150 Å². The normalized spacial score (nSPS) is 11.0. The Morgan fingerprint density at radius 1 is 1.08 bits per heavy atom. The molecule has 24 heavy (non-hydrogen) atoms. The minimum atomic E-state index is -4.52. The van der Waals surface area contributed by atoms with Crippen LogP contribution in [0.15, 0.2) is 42.5 Å². The largest absolute Gasteiger partial charge is 0.416 e. The Kier molecular flexibility index (Phi) is 5.69. The van der Waals surface area contributed by atoms with Crippen LogP contribution in [0.3, 0.4) is 0 Å². The number of alkyl halides is 3. The van der Waals surface area contributed by atoms with Crippen molar-refractivity contribution in [2.45, 2.75) is 6.18 Å². The third-order valence-corrected chi connectivity index (χ3v) is 3.62. The van der Waals surface area contributed by atoms with E-state index in [-0.39, 0.29) is 21.4 Å². The van der Waals surface area contributed by atoms with E-state index < -0.39 is 17.6 Å². The molecule has 0 atom stereocenters. The number of carbonyl (C=O) groups excluding carboxylic acids is 1. The molecule has 0 saturated heterocycles. The molecule has 0 radical (unpaired) electrons. The molecule has 0 heterocycles. The summed E-state index contributed by atoms with van der Waals surface area (Å²) in [6.45, 7) is 0. The highest BCUT2D eigenvalue weighted by Crippen LogP contribution is 2.33. The van der Waals surface area contributed by atoms with Gasteiger partial charge in [-0.3, -0.25) is 10.1 Å². The van der Waals surface area contributed by atoms with E-state index in [4.69, 9.17) is 35.4 Å². The number of thiocarbonyl (C=S) groups is 1. The fraction of sp³-hybridized carbons (Fsp3) is 0.0667. The first-order valence-corrected chi connectivity index (χ1v) is 7.58. The number of halogens is 5. The number of rotatable bonds is 2. The summed E-state index contributed by atoms with van der Waals surface area (Å²) in [5.74, 6) is -0.557. The van der Waals surface area contributed by atoms with E-state index in [1.165, 1.54) is 12.1 Å². The van der Waals surface area contributed by atoms with Gasteiger partial charge in [-0.15, -0.1) is 0 Å². The first-order chi connectivity index (χ1) is 11.2. The zero-order chi connectivity index (χ0) is 17.9. The molecule has 126 valence electrons. The maximum Gasteiger partial charge on any atom is 0.416 e. The molecule has 2 aromatic rings. The van der Waals surface area contributed by atoms with Crippen molar-refractivity contribution in [1.29, 1.82) is 0 Å². The molecule has 2 N–H and O–H groups in total. The molecule has 0 bridgehead atoms. The Bertz CT molecular complexity index is 797. The summed E-state index contributed by atoms with van der Waals surface area (Å²) < 4.78 is 38.2. The summed E-state index contributed by atoms with van der Waals surface area (Å²) in [4.78, 5) is 12.0. The smallest absolute Gasteiger partial charge is 0.331 e. The van der Waals surface area contributed by atoms with E-state index in [1.807, 2.05) is 0 Å². The number of carbonyl (C=O) groups is 1. The Balaban J connectivity index is 2.11. The van der Waals surface area contributed by atoms with Gasteiger partial charge in [-0.1, -0.05) is 29.3 Å². The quantitative estimate of drug-likeness (QED) is 0.695. The van der Waals surface area contributed by atoms with Crippen molar-refractivity contribution in [3.8, 4) is 0 Å². The number of amides is 1. The lowest BCUT2D eigenvalue weighted by atomic mass is 10.2. The third kappa shape index (κ3) is 4.83. The minimum absolute atomic E-state index is 0.0300. The van der Waals surface area contributed by atoms with E-state index >= 15 is 0 Å². The molecule has 0 aliphatic rings. The molecule has 0 unspecified atom stereocenters. The van der Waals surface area contributed by atoms with E-state index in [1.54, 1.807) is 12.1 Å². The fourth-order valence-electron chi connectivity index (χ4n) is 1.76. The van der Waals surface area contributed by atoms with Crippen LogP contribution in [0.2, 0.25) is 10.0 Å². The summed E-state index contributed by atoms with van der Waals surface area (Å²) in [5.41, 5.74) is -0.706. The lowest BCUT2D eigenvalue weighted by Gasteiger charge is -2.13. The van der Waals surface area contributed by atoms with Crippen molar-refractivity contribution >= 4 is 52.1 Å². The number of benzene rings is 2. The molecule has 0 aromatic heterocycles. The number of hydrogen-bond donors (Lipinski definition) is 2. The highest BCUT2D eigenvalue weighted by atomic mass is 35.5. The molecule has 9 heteroatoms. The zero-order valence-electron chi connectivity index (χ0n) is 11.7. The second-order valence-corrected chi connectivity index (χ2v) is 5.86. The van der Waals surface area contributed by atoms with Gasteiger partial charge in [0.2, 0.25) is 0 Å². The number of nitrogens with one attached hydrogen (secondary N) is 2. The van der Waals surface area contributed by atoms with Gasteiger partial charge in [0.15, 0.2) is 5.11 Å². The van der Waals surface area contributed by atoms with Crippen molar-refractivity contribution in [1.82, 2.24) is 5.32 Å². The van der Waals surface area contributed by atoms with Crippen LogP contribution in [0.1, 0.15) is 15.9 Å². The zero-order valence-corrected chi connectivity index (χ0v) is 14.1. The van der Waals surface area contributed by atoms with Crippen LogP contribution < -0.4 is 10.6 Å². The third-order valence-electron chi connectivity index (χ3n) is 2.86. The summed E-state index contributed by atoms with van der Waals surface area (Å²) >= 11 is 16.6. The Hall–Kier alpha value is -1.83. The van der Waals surface area contributed by atoms with E-state index in [0.717, 1.165) is 18.2 Å². The Morgan fingerprint density at radius 3 is 2.42 bits per heavy atom. The van der Waals surface area contributed by atoms with E-state index in [0.29, 0.717) is 5.02 Å². The number of anilines is 1. The van der Waals surface area contributed by atoms with Gasteiger partial charge in [-0.25, -0.2) is 0 Å². The molecule has 3 nitrogen and oxygen atoms in total.